The fourth-order valence-corrected chi connectivity index (χ4v) is 1.91. The Kier molecular flexibility index (Phi) is 3.75. The molecule has 0 aliphatic heterocycles. The molecule has 19 heavy (non-hydrogen) atoms. The fraction of sp³-hybridized carbons (Fsp3) is 0.214. The van der Waals surface area contributed by atoms with E-state index in [1.165, 1.54) is 7.11 Å². The standard InChI is InChI=1S/C14H16N2O3/c1-18-12-5-3-4-10(6-12)8-16-9-11(15)7-13(16)14(17)19-2/h3-7,9H,8,15H2,1-2H3. The molecule has 0 aliphatic carbocycles. The third kappa shape index (κ3) is 2.88. The van der Waals surface area contributed by atoms with Crippen LogP contribution in [0.4, 0.5) is 5.69 Å². The Morgan fingerprint density at radius 1 is 1.32 bits per heavy atom. The number of methoxy groups -OCH3 is 2. The number of aromatic nitrogens is 1. The highest BCUT2D eigenvalue weighted by molar-refractivity contribution is 5.89. The van der Waals surface area contributed by atoms with Gasteiger partial charge in [-0.2, -0.15) is 0 Å². The summed E-state index contributed by atoms with van der Waals surface area (Å²) in [5, 5.41) is 0. The van der Waals surface area contributed by atoms with E-state index in [1.54, 1.807) is 23.9 Å². The number of hydrogen-bond acceptors (Lipinski definition) is 4. The number of hydrogen-bond donors (Lipinski definition) is 1. The molecule has 1 aromatic heterocycles. The molecule has 2 N–H and O–H groups in total. The monoisotopic (exact) mass is 260 g/mol. The lowest BCUT2D eigenvalue weighted by atomic mass is 10.2. The van der Waals surface area contributed by atoms with Crippen molar-refractivity contribution in [3.63, 3.8) is 0 Å². The van der Waals surface area contributed by atoms with Crippen molar-refractivity contribution >= 4 is 11.7 Å². The molecule has 0 saturated heterocycles. The molecule has 0 spiro atoms. The quantitative estimate of drug-likeness (QED) is 0.853. The molecule has 100 valence electrons. The van der Waals surface area contributed by atoms with Crippen LogP contribution in [0.3, 0.4) is 0 Å². The van der Waals surface area contributed by atoms with E-state index in [2.05, 4.69) is 0 Å². The van der Waals surface area contributed by atoms with Gasteiger partial charge in [-0.3, -0.25) is 0 Å². The highest BCUT2D eigenvalue weighted by Gasteiger charge is 2.13. The first-order chi connectivity index (χ1) is 9.13. The van der Waals surface area contributed by atoms with Crippen molar-refractivity contribution in [3.05, 3.63) is 47.8 Å². The van der Waals surface area contributed by atoms with Crippen LogP contribution in [0.1, 0.15) is 16.1 Å². The van der Waals surface area contributed by atoms with Crippen molar-refractivity contribution in [2.45, 2.75) is 6.54 Å². The molecule has 0 bridgehead atoms. The first kappa shape index (κ1) is 13.0. The maximum atomic E-state index is 11.6. The van der Waals surface area contributed by atoms with E-state index in [0.29, 0.717) is 17.9 Å². The van der Waals surface area contributed by atoms with Crippen LogP contribution in [0.15, 0.2) is 36.5 Å². The second-order valence-corrected chi connectivity index (χ2v) is 4.13. The van der Waals surface area contributed by atoms with Crippen LogP contribution in [-0.2, 0) is 11.3 Å². The number of nitrogen functional groups attached to an aromatic ring is 1. The smallest absolute Gasteiger partial charge is 0.354 e. The zero-order chi connectivity index (χ0) is 13.8. The van der Waals surface area contributed by atoms with Crippen LogP contribution < -0.4 is 10.5 Å². The lowest BCUT2D eigenvalue weighted by Crippen LogP contribution is -2.10. The van der Waals surface area contributed by atoms with E-state index < -0.39 is 5.97 Å². The summed E-state index contributed by atoms with van der Waals surface area (Å²) < 4.78 is 11.7. The highest BCUT2D eigenvalue weighted by Crippen LogP contribution is 2.17. The third-order valence-corrected chi connectivity index (χ3v) is 2.80. The largest absolute Gasteiger partial charge is 0.497 e. The number of ether oxygens (including phenoxy) is 2. The zero-order valence-corrected chi connectivity index (χ0v) is 10.9. The average Bonchev–Trinajstić information content (AvgIpc) is 2.79. The zero-order valence-electron chi connectivity index (χ0n) is 10.9. The second-order valence-electron chi connectivity index (χ2n) is 4.13. The Morgan fingerprint density at radius 2 is 2.11 bits per heavy atom. The maximum Gasteiger partial charge on any atom is 0.354 e. The van der Waals surface area contributed by atoms with Gasteiger partial charge in [0.2, 0.25) is 0 Å². The van der Waals surface area contributed by atoms with Crippen molar-refractivity contribution in [2.75, 3.05) is 20.0 Å². The van der Waals surface area contributed by atoms with Crippen molar-refractivity contribution in [1.82, 2.24) is 4.57 Å². The molecule has 0 unspecified atom stereocenters. The van der Waals surface area contributed by atoms with Gasteiger partial charge >= 0.3 is 5.97 Å². The minimum Gasteiger partial charge on any atom is -0.497 e. The number of carbonyl (C=O) groups is 1. The topological polar surface area (TPSA) is 66.5 Å². The number of anilines is 1. The van der Waals surface area contributed by atoms with Crippen molar-refractivity contribution < 1.29 is 14.3 Å². The second kappa shape index (κ2) is 5.48. The molecule has 0 amide bonds. The van der Waals surface area contributed by atoms with E-state index in [1.807, 2.05) is 24.3 Å². The first-order valence-corrected chi connectivity index (χ1v) is 5.81. The van der Waals surface area contributed by atoms with Crippen molar-refractivity contribution in [2.24, 2.45) is 0 Å². The van der Waals surface area contributed by atoms with Gasteiger partial charge in [-0.1, -0.05) is 12.1 Å². The lowest BCUT2D eigenvalue weighted by Gasteiger charge is -2.08. The van der Waals surface area contributed by atoms with Crippen LogP contribution in [0, 0.1) is 0 Å². The number of esters is 1. The van der Waals surface area contributed by atoms with Crippen molar-refractivity contribution in [1.29, 1.82) is 0 Å². The molecular formula is C14H16N2O3. The van der Waals surface area contributed by atoms with Gasteiger partial charge in [0.25, 0.3) is 0 Å². The SMILES string of the molecule is COC(=O)c1cc(N)cn1Cc1cccc(OC)c1. The van der Waals surface area contributed by atoms with E-state index in [0.717, 1.165) is 11.3 Å². The summed E-state index contributed by atoms with van der Waals surface area (Å²) in [6, 6.07) is 9.25. The minimum absolute atomic E-state index is 0.403. The number of rotatable bonds is 4. The number of nitrogens with zero attached hydrogens (tertiary/aromatic N) is 1. The average molecular weight is 260 g/mol. The molecule has 0 fully saturated rings. The fourth-order valence-electron chi connectivity index (χ4n) is 1.91. The van der Waals surface area contributed by atoms with E-state index >= 15 is 0 Å². The van der Waals surface area contributed by atoms with Gasteiger partial charge in [0.05, 0.1) is 19.9 Å². The van der Waals surface area contributed by atoms with Gasteiger partial charge < -0.3 is 19.8 Å². The normalized spacial score (nSPS) is 10.2. The Bertz CT molecular complexity index is 590. The van der Waals surface area contributed by atoms with Gasteiger partial charge in [-0.25, -0.2) is 4.79 Å². The van der Waals surface area contributed by atoms with Gasteiger partial charge in [-0.05, 0) is 23.8 Å². The molecule has 0 saturated carbocycles. The van der Waals surface area contributed by atoms with Crippen molar-refractivity contribution in [3.8, 4) is 5.75 Å². The molecule has 2 rings (SSSR count). The number of carbonyl (C=O) groups excluding carboxylic acids is 1. The van der Waals surface area contributed by atoms with Crippen LogP contribution in [0.25, 0.3) is 0 Å². The molecule has 0 aliphatic rings. The van der Waals surface area contributed by atoms with Gasteiger partial charge in [-0.15, -0.1) is 0 Å². The van der Waals surface area contributed by atoms with E-state index in [9.17, 15) is 4.79 Å². The summed E-state index contributed by atoms with van der Waals surface area (Å²) in [6.07, 6.45) is 1.71. The van der Waals surface area contributed by atoms with Crippen LogP contribution in [-0.4, -0.2) is 24.8 Å². The minimum atomic E-state index is -0.403. The predicted molar refractivity (Wildman–Crippen MR) is 72.3 cm³/mol. The van der Waals surface area contributed by atoms with E-state index in [-0.39, 0.29) is 0 Å². The number of nitrogens with two attached hydrogens (primary N) is 1. The van der Waals surface area contributed by atoms with E-state index in [4.69, 9.17) is 15.2 Å². The Balaban J connectivity index is 2.29. The molecule has 5 heteroatoms. The maximum absolute atomic E-state index is 11.6. The van der Waals surface area contributed by atoms with Crippen LogP contribution in [0.5, 0.6) is 5.75 Å². The predicted octanol–water partition coefficient (Wildman–Crippen LogP) is 1.91. The first-order valence-electron chi connectivity index (χ1n) is 5.81. The van der Waals surface area contributed by atoms with Crippen LogP contribution >= 0.6 is 0 Å². The molecule has 2 aromatic rings. The molecule has 5 nitrogen and oxygen atoms in total. The summed E-state index contributed by atoms with van der Waals surface area (Å²) in [5.41, 5.74) is 7.71. The summed E-state index contributed by atoms with van der Waals surface area (Å²) in [5.74, 6) is 0.372. The summed E-state index contributed by atoms with van der Waals surface area (Å²) in [6.45, 7) is 0.527. The molecular weight excluding hydrogens is 244 g/mol. The van der Waals surface area contributed by atoms with Gasteiger partial charge in [0.1, 0.15) is 11.4 Å². The molecule has 1 aromatic carbocycles. The Labute approximate surface area is 111 Å². The summed E-state index contributed by atoms with van der Waals surface area (Å²) in [4.78, 5) is 11.6. The highest BCUT2D eigenvalue weighted by atomic mass is 16.5. The molecule has 0 radical (unpaired) electrons. The van der Waals surface area contributed by atoms with Crippen LogP contribution in [0.2, 0.25) is 0 Å². The molecule has 1 heterocycles. The summed E-state index contributed by atoms with van der Waals surface area (Å²) in [7, 11) is 2.97. The van der Waals surface area contributed by atoms with Gasteiger partial charge in [0, 0.05) is 12.7 Å². The molecule has 0 atom stereocenters. The summed E-state index contributed by atoms with van der Waals surface area (Å²) >= 11 is 0. The Hall–Kier alpha value is -2.43. The number of benzene rings is 1. The lowest BCUT2D eigenvalue weighted by molar-refractivity contribution is 0.0589. The van der Waals surface area contributed by atoms with Gasteiger partial charge in [0.15, 0.2) is 0 Å². The third-order valence-electron chi connectivity index (χ3n) is 2.80. The Morgan fingerprint density at radius 3 is 2.79 bits per heavy atom.